The van der Waals surface area contributed by atoms with E-state index >= 15 is 0 Å². The smallest absolute Gasteiger partial charge is 0.243 e. The van der Waals surface area contributed by atoms with Crippen LogP contribution in [0.1, 0.15) is 49.8 Å². The summed E-state index contributed by atoms with van der Waals surface area (Å²) in [6.07, 6.45) is 2.63. The summed E-state index contributed by atoms with van der Waals surface area (Å²) in [6.45, 7) is 6.19. The van der Waals surface area contributed by atoms with Gasteiger partial charge in [-0.1, -0.05) is 61.5 Å². The molecule has 42 heavy (non-hydrogen) atoms. The first-order valence-corrected chi connectivity index (χ1v) is 16.2. The number of nitrogens with one attached hydrogen (secondary N) is 1. The van der Waals surface area contributed by atoms with Crippen molar-refractivity contribution < 1.29 is 22.7 Å². The van der Waals surface area contributed by atoms with Crippen LogP contribution in [0, 0.1) is 6.92 Å². The Morgan fingerprint density at radius 2 is 1.64 bits per heavy atom. The predicted molar refractivity (Wildman–Crippen MR) is 168 cm³/mol. The third-order valence-electron chi connectivity index (χ3n) is 7.20. The van der Waals surface area contributed by atoms with Gasteiger partial charge in [-0.3, -0.25) is 13.9 Å². The fraction of sp³-hybridized carbons (Fsp3) is 0.394. The highest BCUT2D eigenvalue weighted by atomic mass is 32.2. The van der Waals surface area contributed by atoms with Crippen LogP contribution in [0.3, 0.4) is 0 Å². The number of methoxy groups -OCH3 is 1. The SMILES string of the molecule is CC[C@H](C)NC(=O)[C@H](Cc1ccccc1)N(Cc1cccc(OC)c1)C(=O)CCCN(c1cccc(C)c1)S(C)(=O)=O. The Kier molecular flexibility index (Phi) is 12.0. The number of hydrogen-bond acceptors (Lipinski definition) is 5. The maximum absolute atomic E-state index is 14.0. The van der Waals surface area contributed by atoms with E-state index in [0.29, 0.717) is 24.3 Å². The maximum atomic E-state index is 14.0. The molecule has 226 valence electrons. The highest BCUT2D eigenvalue weighted by molar-refractivity contribution is 7.92. The molecule has 3 aromatic carbocycles. The lowest BCUT2D eigenvalue weighted by molar-refractivity contribution is -0.141. The van der Waals surface area contributed by atoms with E-state index in [9.17, 15) is 18.0 Å². The van der Waals surface area contributed by atoms with E-state index in [1.165, 1.54) is 10.6 Å². The van der Waals surface area contributed by atoms with Crippen molar-refractivity contribution in [3.63, 3.8) is 0 Å². The average Bonchev–Trinajstić information content (AvgIpc) is 2.96. The molecule has 3 rings (SSSR count). The Hall–Kier alpha value is -3.85. The van der Waals surface area contributed by atoms with Gasteiger partial charge in [0.2, 0.25) is 21.8 Å². The number of carbonyl (C=O) groups is 2. The van der Waals surface area contributed by atoms with Crippen molar-refractivity contribution in [3.05, 3.63) is 95.6 Å². The van der Waals surface area contributed by atoms with Crippen molar-refractivity contribution in [3.8, 4) is 5.75 Å². The van der Waals surface area contributed by atoms with Crippen LogP contribution in [0.25, 0.3) is 0 Å². The first-order chi connectivity index (χ1) is 20.0. The molecule has 2 amide bonds. The number of aryl methyl sites for hydroxylation is 1. The van der Waals surface area contributed by atoms with Gasteiger partial charge >= 0.3 is 0 Å². The van der Waals surface area contributed by atoms with E-state index < -0.39 is 16.1 Å². The van der Waals surface area contributed by atoms with Gasteiger partial charge in [-0.05, 0) is 67.6 Å². The lowest BCUT2D eigenvalue weighted by atomic mass is 10.0. The summed E-state index contributed by atoms with van der Waals surface area (Å²) in [4.78, 5) is 29.3. The molecule has 0 fully saturated rings. The molecule has 0 bridgehead atoms. The van der Waals surface area contributed by atoms with E-state index in [0.717, 1.165) is 23.1 Å². The first-order valence-electron chi connectivity index (χ1n) is 14.3. The molecule has 8 nitrogen and oxygen atoms in total. The van der Waals surface area contributed by atoms with Gasteiger partial charge in [0.15, 0.2) is 0 Å². The molecule has 0 unspecified atom stereocenters. The summed E-state index contributed by atoms with van der Waals surface area (Å²) in [5.74, 6) is 0.211. The van der Waals surface area contributed by atoms with Crippen LogP contribution in [-0.4, -0.2) is 57.1 Å². The standard InChI is InChI=1S/C33H43N3O5S/c1-6-26(3)34-33(38)31(23-27-14-8-7-9-15-27)35(24-28-16-11-18-30(22-28)41-4)32(37)19-12-20-36(42(5,39)40)29-17-10-13-25(2)21-29/h7-11,13-18,21-22,26,31H,6,12,19-20,23-24H2,1-5H3,(H,34,38)/t26-,31-/m0/s1. The Labute approximate surface area is 250 Å². The molecule has 0 aliphatic rings. The minimum atomic E-state index is -3.57. The highest BCUT2D eigenvalue weighted by Gasteiger charge is 2.31. The van der Waals surface area contributed by atoms with Crippen LogP contribution in [0.4, 0.5) is 5.69 Å². The summed E-state index contributed by atoms with van der Waals surface area (Å²) in [6, 6.07) is 23.6. The second kappa shape index (κ2) is 15.4. The van der Waals surface area contributed by atoms with E-state index in [4.69, 9.17) is 4.74 Å². The van der Waals surface area contributed by atoms with Crippen LogP contribution in [0.5, 0.6) is 5.75 Å². The van der Waals surface area contributed by atoms with Crippen LogP contribution in [-0.2, 0) is 32.6 Å². The summed E-state index contributed by atoms with van der Waals surface area (Å²) in [7, 11) is -1.98. The Morgan fingerprint density at radius 3 is 2.29 bits per heavy atom. The highest BCUT2D eigenvalue weighted by Crippen LogP contribution is 2.22. The molecule has 3 aromatic rings. The maximum Gasteiger partial charge on any atom is 0.243 e. The van der Waals surface area contributed by atoms with Gasteiger partial charge in [-0.25, -0.2) is 8.42 Å². The topological polar surface area (TPSA) is 96.0 Å². The number of rotatable bonds is 15. The minimum Gasteiger partial charge on any atom is -0.497 e. The molecular weight excluding hydrogens is 550 g/mol. The van der Waals surface area contributed by atoms with Crippen molar-refractivity contribution in [2.75, 3.05) is 24.2 Å². The molecule has 9 heteroatoms. The van der Waals surface area contributed by atoms with E-state index in [2.05, 4.69) is 5.32 Å². The lowest BCUT2D eigenvalue weighted by Crippen LogP contribution is -2.52. The third kappa shape index (κ3) is 9.62. The molecule has 0 heterocycles. The van der Waals surface area contributed by atoms with Crippen LogP contribution < -0.4 is 14.4 Å². The number of hydrogen-bond donors (Lipinski definition) is 1. The fourth-order valence-corrected chi connectivity index (χ4v) is 5.71. The zero-order valence-electron chi connectivity index (χ0n) is 25.2. The molecule has 0 aromatic heterocycles. The molecule has 0 radical (unpaired) electrons. The molecule has 0 spiro atoms. The van der Waals surface area contributed by atoms with Gasteiger partial charge in [0, 0.05) is 32.0 Å². The predicted octanol–water partition coefficient (Wildman–Crippen LogP) is 5.10. The molecule has 1 N–H and O–H groups in total. The van der Waals surface area contributed by atoms with Crippen molar-refractivity contribution in [2.24, 2.45) is 0 Å². The van der Waals surface area contributed by atoms with Gasteiger partial charge in [-0.2, -0.15) is 0 Å². The van der Waals surface area contributed by atoms with Gasteiger partial charge in [-0.15, -0.1) is 0 Å². The Balaban J connectivity index is 1.91. The second-order valence-corrected chi connectivity index (χ2v) is 12.6. The number of carbonyl (C=O) groups excluding carboxylic acids is 2. The Morgan fingerprint density at radius 1 is 0.952 bits per heavy atom. The van der Waals surface area contributed by atoms with Crippen LogP contribution in [0.15, 0.2) is 78.9 Å². The fourth-order valence-electron chi connectivity index (χ4n) is 4.75. The molecule has 0 saturated heterocycles. The third-order valence-corrected chi connectivity index (χ3v) is 8.40. The summed E-state index contributed by atoms with van der Waals surface area (Å²) in [5, 5.41) is 3.07. The van der Waals surface area contributed by atoms with Crippen molar-refractivity contribution in [1.29, 1.82) is 0 Å². The Bertz CT molecular complexity index is 1430. The van der Waals surface area contributed by atoms with E-state index in [1.807, 2.05) is 93.6 Å². The van der Waals surface area contributed by atoms with Crippen LogP contribution >= 0.6 is 0 Å². The number of anilines is 1. The first kappa shape index (κ1) is 32.7. The van der Waals surface area contributed by atoms with E-state index in [1.54, 1.807) is 18.1 Å². The average molecular weight is 594 g/mol. The number of nitrogens with zero attached hydrogens (tertiary/aromatic N) is 2. The lowest BCUT2D eigenvalue weighted by Gasteiger charge is -2.33. The molecule has 0 saturated carbocycles. The zero-order valence-corrected chi connectivity index (χ0v) is 26.1. The van der Waals surface area contributed by atoms with Gasteiger partial charge in [0.1, 0.15) is 11.8 Å². The van der Waals surface area contributed by atoms with Crippen molar-refractivity contribution >= 4 is 27.5 Å². The molecule has 2 atom stereocenters. The summed E-state index contributed by atoms with van der Waals surface area (Å²) < 4.78 is 32.0. The quantitative estimate of drug-likeness (QED) is 0.264. The van der Waals surface area contributed by atoms with Crippen molar-refractivity contribution in [2.45, 2.75) is 65.1 Å². The van der Waals surface area contributed by atoms with Crippen molar-refractivity contribution in [1.82, 2.24) is 10.2 Å². The van der Waals surface area contributed by atoms with Gasteiger partial charge < -0.3 is 15.0 Å². The summed E-state index contributed by atoms with van der Waals surface area (Å²) in [5.41, 5.74) is 3.27. The second-order valence-electron chi connectivity index (χ2n) is 10.7. The zero-order chi connectivity index (χ0) is 30.7. The number of ether oxygens (including phenoxy) is 1. The monoisotopic (exact) mass is 593 g/mol. The number of benzene rings is 3. The largest absolute Gasteiger partial charge is 0.497 e. The van der Waals surface area contributed by atoms with Gasteiger partial charge in [0.25, 0.3) is 0 Å². The molecule has 0 aliphatic carbocycles. The van der Waals surface area contributed by atoms with Crippen LogP contribution in [0.2, 0.25) is 0 Å². The molecule has 0 aliphatic heterocycles. The van der Waals surface area contributed by atoms with Gasteiger partial charge in [0.05, 0.1) is 19.1 Å². The number of sulfonamides is 1. The normalized spacial score (nSPS) is 12.7. The minimum absolute atomic E-state index is 0.0535. The molecular formula is C33H43N3O5S. The number of amides is 2. The summed E-state index contributed by atoms with van der Waals surface area (Å²) >= 11 is 0. The van der Waals surface area contributed by atoms with E-state index in [-0.39, 0.29) is 37.4 Å².